The van der Waals surface area contributed by atoms with Gasteiger partial charge in [0.1, 0.15) is 23.9 Å². The first-order valence-electron chi connectivity index (χ1n) is 12.2. The number of primary amides is 1. The number of phenolic OH excluding ortho intramolecular Hbond substituents is 1. The van der Waals surface area contributed by atoms with Crippen molar-refractivity contribution in [1.29, 1.82) is 0 Å². The van der Waals surface area contributed by atoms with E-state index in [0.29, 0.717) is 5.56 Å². The molecule has 39 heavy (non-hydrogen) atoms. The van der Waals surface area contributed by atoms with Gasteiger partial charge in [0.2, 0.25) is 23.6 Å². The number of rotatable bonds is 16. The van der Waals surface area contributed by atoms with Gasteiger partial charge in [0.05, 0.1) is 12.5 Å². The molecule has 4 atom stereocenters. The summed E-state index contributed by atoms with van der Waals surface area (Å²) >= 11 is 0. The highest BCUT2D eigenvalue weighted by atomic mass is 16.4. The Hall–Kier alpha value is -4.40. The van der Waals surface area contributed by atoms with Crippen molar-refractivity contribution in [3.63, 3.8) is 0 Å². The van der Waals surface area contributed by atoms with E-state index in [0.717, 1.165) is 0 Å². The van der Waals surface area contributed by atoms with Crippen molar-refractivity contribution in [2.45, 2.75) is 63.7 Å². The molecule has 0 aromatic heterocycles. The molecule has 1 aromatic carbocycles. The molecule has 1 rings (SSSR count). The lowest BCUT2D eigenvalue weighted by molar-refractivity contribution is -0.142. The molecule has 0 fully saturated rings. The van der Waals surface area contributed by atoms with Gasteiger partial charge in [-0.2, -0.15) is 0 Å². The number of hydrogen-bond acceptors (Lipinski definition) is 8. The molecular formula is C24H38N8O7. The Bertz CT molecular complexity index is 1040. The van der Waals surface area contributed by atoms with Crippen LogP contribution >= 0.6 is 0 Å². The minimum Gasteiger partial charge on any atom is -0.508 e. The third kappa shape index (κ3) is 12.1. The first-order valence-corrected chi connectivity index (χ1v) is 12.2. The number of aliphatic imine (C=N–C) groups is 1. The van der Waals surface area contributed by atoms with Gasteiger partial charge in [0, 0.05) is 13.0 Å². The van der Waals surface area contributed by atoms with Crippen LogP contribution in [-0.4, -0.2) is 76.5 Å². The van der Waals surface area contributed by atoms with Crippen LogP contribution in [-0.2, 0) is 30.4 Å². The van der Waals surface area contributed by atoms with E-state index in [-0.39, 0.29) is 43.4 Å². The number of benzene rings is 1. The Balaban J connectivity index is 3.06. The topological polar surface area (TPSA) is 278 Å². The predicted octanol–water partition coefficient (Wildman–Crippen LogP) is -2.61. The van der Waals surface area contributed by atoms with Gasteiger partial charge in [-0.05, 0) is 36.5 Å². The number of aromatic hydroxyl groups is 1. The Morgan fingerprint density at radius 1 is 0.872 bits per heavy atom. The Morgan fingerprint density at radius 3 is 1.92 bits per heavy atom. The SMILES string of the molecule is CC(C)C(N)C(=O)NC(CCCN=C(N)N)C(=O)NC(CC(N)=O)C(=O)NC(Cc1ccc(O)cc1)C(=O)O. The zero-order chi connectivity index (χ0) is 29.7. The molecule has 0 radical (unpaired) electrons. The van der Waals surface area contributed by atoms with E-state index in [1.165, 1.54) is 24.3 Å². The number of carbonyl (C=O) groups excluding carboxylic acids is 4. The highest BCUT2D eigenvalue weighted by molar-refractivity contribution is 5.96. The molecule has 13 N–H and O–H groups in total. The average molecular weight is 551 g/mol. The summed E-state index contributed by atoms with van der Waals surface area (Å²) in [6, 6.07) is 0.638. The molecule has 15 nitrogen and oxygen atoms in total. The van der Waals surface area contributed by atoms with E-state index in [9.17, 15) is 34.2 Å². The molecule has 0 heterocycles. The minimum atomic E-state index is -1.53. The zero-order valence-corrected chi connectivity index (χ0v) is 21.9. The fraction of sp³-hybridized carbons (Fsp3) is 0.500. The van der Waals surface area contributed by atoms with Crippen molar-refractivity contribution in [2.24, 2.45) is 33.8 Å². The van der Waals surface area contributed by atoms with Gasteiger partial charge in [-0.15, -0.1) is 0 Å². The van der Waals surface area contributed by atoms with Gasteiger partial charge in [-0.25, -0.2) is 4.79 Å². The van der Waals surface area contributed by atoms with Crippen LogP contribution < -0.4 is 38.9 Å². The number of nitrogens with two attached hydrogens (primary N) is 4. The number of nitrogens with zero attached hydrogens (tertiary/aromatic N) is 1. The molecule has 4 unspecified atom stereocenters. The number of nitrogens with one attached hydrogen (secondary N) is 3. The maximum atomic E-state index is 13.1. The van der Waals surface area contributed by atoms with E-state index < -0.39 is 60.2 Å². The second kappa shape index (κ2) is 15.8. The number of phenols is 1. The molecule has 0 bridgehead atoms. The Kier molecular flexibility index (Phi) is 13.2. The number of guanidine groups is 1. The normalized spacial score (nSPS) is 13.8. The summed E-state index contributed by atoms with van der Waals surface area (Å²) in [6.07, 6.45) is -0.450. The van der Waals surface area contributed by atoms with Crippen molar-refractivity contribution in [3.8, 4) is 5.75 Å². The minimum absolute atomic E-state index is 0.0202. The molecule has 1 aromatic rings. The van der Waals surface area contributed by atoms with E-state index in [1.807, 2.05) is 0 Å². The molecule has 0 spiro atoms. The second-order valence-corrected chi connectivity index (χ2v) is 9.28. The second-order valence-electron chi connectivity index (χ2n) is 9.28. The van der Waals surface area contributed by atoms with Crippen LogP contribution in [0.15, 0.2) is 29.3 Å². The number of aliphatic carboxylic acids is 1. The molecule has 0 saturated heterocycles. The Labute approximate surface area is 225 Å². The summed E-state index contributed by atoms with van der Waals surface area (Å²) < 4.78 is 0. The molecule has 0 aliphatic heterocycles. The summed E-state index contributed by atoms with van der Waals surface area (Å²) in [5, 5.41) is 26.2. The standard InChI is InChI=1S/C24H38N8O7/c1-12(2)19(26)22(37)30-15(4-3-9-29-24(27)28)20(35)31-16(11-18(25)34)21(36)32-17(23(38)39)10-13-5-7-14(33)8-6-13/h5-8,12,15-17,19,33H,3-4,9-11,26H2,1-2H3,(H2,25,34)(H,30,37)(H,31,35)(H,32,36)(H,38,39)(H4,27,28,29). The maximum absolute atomic E-state index is 13.1. The van der Waals surface area contributed by atoms with Crippen LogP contribution in [0.5, 0.6) is 5.75 Å². The number of carboxylic acids is 1. The number of carbonyl (C=O) groups is 5. The molecular weight excluding hydrogens is 512 g/mol. The lowest BCUT2D eigenvalue weighted by atomic mass is 10.0. The smallest absolute Gasteiger partial charge is 0.326 e. The number of amides is 4. The van der Waals surface area contributed by atoms with Crippen molar-refractivity contribution in [3.05, 3.63) is 29.8 Å². The highest BCUT2D eigenvalue weighted by Crippen LogP contribution is 2.12. The van der Waals surface area contributed by atoms with Crippen LogP contribution in [0.3, 0.4) is 0 Å². The van der Waals surface area contributed by atoms with Crippen LogP contribution in [0.25, 0.3) is 0 Å². The van der Waals surface area contributed by atoms with Gasteiger partial charge >= 0.3 is 5.97 Å². The third-order valence-electron chi connectivity index (χ3n) is 5.63. The quantitative estimate of drug-likeness (QED) is 0.0587. The lowest BCUT2D eigenvalue weighted by Crippen LogP contribution is -2.58. The van der Waals surface area contributed by atoms with E-state index in [1.54, 1.807) is 13.8 Å². The first-order chi connectivity index (χ1) is 18.2. The van der Waals surface area contributed by atoms with Crippen LogP contribution in [0.2, 0.25) is 0 Å². The van der Waals surface area contributed by atoms with Crippen molar-refractivity contribution < 1.29 is 34.2 Å². The van der Waals surface area contributed by atoms with Gasteiger partial charge in [0.25, 0.3) is 0 Å². The van der Waals surface area contributed by atoms with Crippen molar-refractivity contribution in [1.82, 2.24) is 16.0 Å². The summed E-state index contributed by atoms with van der Waals surface area (Å²) in [5.74, 6) is -5.11. The van der Waals surface area contributed by atoms with Gasteiger partial charge < -0.3 is 49.1 Å². The zero-order valence-electron chi connectivity index (χ0n) is 21.9. The van der Waals surface area contributed by atoms with Crippen LogP contribution in [0, 0.1) is 5.92 Å². The maximum Gasteiger partial charge on any atom is 0.326 e. The monoisotopic (exact) mass is 550 g/mol. The summed E-state index contributed by atoms with van der Waals surface area (Å²) in [4.78, 5) is 65.9. The van der Waals surface area contributed by atoms with Crippen molar-refractivity contribution in [2.75, 3.05) is 6.54 Å². The first kappa shape index (κ1) is 32.6. The molecule has 0 saturated carbocycles. The van der Waals surface area contributed by atoms with Gasteiger partial charge in [-0.3, -0.25) is 24.2 Å². The fourth-order valence-corrected chi connectivity index (χ4v) is 3.37. The van der Waals surface area contributed by atoms with E-state index in [4.69, 9.17) is 22.9 Å². The average Bonchev–Trinajstić information content (AvgIpc) is 2.84. The Morgan fingerprint density at radius 2 is 1.41 bits per heavy atom. The summed E-state index contributed by atoms with van der Waals surface area (Å²) in [5.41, 5.74) is 22.2. The summed E-state index contributed by atoms with van der Waals surface area (Å²) in [6.45, 7) is 3.60. The van der Waals surface area contributed by atoms with E-state index in [2.05, 4.69) is 20.9 Å². The third-order valence-corrected chi connectivity index (χ3v) is 5.63. The van der Waals surface area contributed by atoms with Gasteiger partial charge in [0.15, 0.2) is 5.96 Å². The van der Waals surface area contributed by atoms with Gasteiger partial charge in [-0.1, -0.05) is 26.0 Å². The van der Waals surface area contributed by atoms with Crippen molar-refractivity contribution >= 4 is 35.6 Å². The molecule has 216 valence electrons. The number of hydrogen-bond donors (Lipinski definition) is 9. The largest absolute Gasteiger partial charge is 0.508 e. The van der Waals surface area contributed by atoms with E-state index >= 15 is 0 Å². The molecule has 0 aliphatic carbocycles. The molecule has 4 amide bonds. The highest BCUT2D eigenvalue weighted by Gasteiger charge is 2.31. The number of carboxylic acid groups (broad SMARTS) is 1. The molecule has 15 heteroatoms. The molecule has 0 aliphatic rings. The fourth-order valence-electron chi connectivity index (χ4n) is 3.37. The van der Waals surface area contributed by atoms with Crippen LogP contribution in [0.4, 0.5) is 0 Å². The lowest BCUT2D eigenvalue weighted by Gasteiger charge is -2.25. The predicted molar refractivity (Wildman–Crippen MR) is 142 cm³/mol. The van der Waals surface area contributed by atoms with Crippen LogP contribution in [0.1, 0.15) is 38.7 Å². The summed E-state index contributed by atoms with van der Waals surface area (Å²) in [7, 11) is 0.